The predicted octanol–water partition coefficient (Wildman–Crippen LogP) is 2.06. The molecule has 2 rings (SSSR count). The van der Waals surface area contributed by atoms with Gasteiger partial charge in [0.05, 0.1) is 11.6 Å². The van der Waals surface area contributed by atoms with E-state index in [1.165, 1.54) is 7.11 Å². The van der Waals surface area contributed by atoms with E-state index in [1.54, 1.807) is 48.5 Å². The molecule has 2 N–H and O–H groups in total. The number of carboxylic acid groups (broad SMARTS) is 1. The van der Waals surface area contributed by atoms with E-state index in [2.05, 4.69) is 5.32 Å². The minimum atomic E-state index is -1.14. The molecule has 25 heavy (non-hydrogen) atoms. The Hall–Kier alpha value is -3.17. The van der Waals surface area contributed by atoms with Gasteiger partial charge >= 0.3 is 5.97 Å². The standard InChI is InChI=1S/C19H18N2O4/c1-25-17(15-5-3-2-4-6-15)18(22)21-16(19(23)24)11-13-7-9-14(12-20)10-8-13/h2-10,16-17H,11H2,1H3,(H,21,22)(H,23,24)/t16-,17-/m1/s1. The fourth-order valence-electron chi connectivity index (χ4n) is 2.42. The molecule has 0 unspecified atom stereocenters. The van der Waals surface area contributed by atoms with Crippen LogP contribution in [-0.4, -0.2) is 30.1 Å². The van der Waals surface area contributed by atoms with Crippen LogP contribution < -0.4 is 5.32 Å². The van der Waals surface area contributed by atoms with Gasteiger partial charge in [-0.05, 0) is 23.3 Å². The first-order valence-corrected chi connectivity index (χ1v) is 7.65. The number of rotatable bonds is 7. The Kier molecular flexibility index (Phi) is 6.26. The fourth-order valence-corrected chi connectivity index (χ4v) is 2.42. The lowest BCUT2D eigenvalue weighted by atomic mass is 10.0. The average molecular weight is 338 g/mol. The van der Waals surface area contributed by atoms with Crippen molar-refractivity contribution in [3.63, 3.8) is 0 Å². The third-order valence-corrected chi connectivity index (χ3v) is 3.71. The highest BCUT2D eigenvalue weighted by atomic mass is 16.5. The smallest absolute Gasteiger partial charge is 0.326 e. The minimum Gasteiger partial charge on any atom is -0.480 e. The van der Waals surface area contributed by atoms with E-state index in [9.17, 15) is 14.7 Å². The van der Waals surface area contributed by atoms with Crippen molar-refractivity contribution in [1.29, 1.82) is 5.26 Å². The molecule has 2 atom stereocenters. The lowest BCUT2D eigenvalue weighted by molar-refractivity contribution is -0.144. The molecule has 0 aliphatic rings. The van der Waals surface area contributed by atoms with Crippen molar-refractivity contribution < 1.29 is 19.4 Å². The van der Waals surface area contributed by atoms with E-state index in [-0.39, 0.29) is 6.42 Å². The number of hydrogen-bond acceptors (Lipinski definition) is 4. The first-order chi connectivity index (χ1) is 12.0. The fraction of sp³-hybridized carbons (Fsp3) is 0.211. The molecule has 0 saturated heterocycles. The van der Waals surface area contributed by atoms with Crippen molar-refractivity contribution in [3.05, 3.63) is 71.3 Å². The van der Waals surface area contributed by atoms with E-state index < -0.39 is 24.0 Å². The normalized spacial score (nSPS) is 12.6. The first kappa shape index (κ1) is 18.2. The summed E-state index contributed by atoms with van der Waals surface area (Å²) in [5, 5.41) is 20.7. The van der Waals surface area contributed by atoms with Gasteiger partial charge in [0, 0.05) is 13.5 Å². The van der Waals surface area contributed by atoms with E-state index in [4.69, 9.17) is 10.00 Å². The summed E-state index contributed by atoms with van der Waals surface area (Å²) in [7, 11) is 1.40. The summed E-state index contributed by atoms with van der Waals surface area (Å²) in [4.78, 5) is 23.9. The van der Waals surface area contributed by atoms with E-state index in [0.29, 0.717) is 16.7 Å². The van der Waals surface area contributed by atoms with Crippen molar-refractivity contribution in [2.45, 2.75) is 18.6 Å². The number of benzene rings is 2. The summed E-state index contributed by atoms with van der Waals surface area (Å²) in [5.41, 5.74) is 1.84. The Labute approximate surface area is 145 Å². The second-order valence-corrected chi connectivity index (χ2v) is 5.44. The number of aliphatic carboxylic acids is 1. The number of carbonyl (C=O) groups excluding carboxylic acids is 1. The first-order valence-electron chi connectivity index (χ1n) is 7.65. The van der Waals surface area contributed by atoms with Gasteiger partial charge in [-0.15, -0.1) is 0 Å². The number of carbonyl (C=O) groups is 2. The minimum absolute atomic E-state index is 0.109. The van der Waals surface area contributed by atoms with Crippen molar-refractivity contribution in [3.8, 4) is 6.07 Å². The van der Waals surface area contributed by atoms with Crippen LogP contribution in [0.25, 0.3) is 0 Å². The molecule has 0 aromatic heterocycles. The summed E-state index contributed by atoms with van der Waals surface area (Å²) in [6, 6.07) is 16.3. The molecular weight excluding hydrogens is 320 g/mol. The van der Waals surface area contributed by atoms with Crippen LogP contribution in [0.2, 0.25) is 0 Å². The zero-order valence-corrected chi connectivity index (χ0v) is 13.7. The molecule has 1 amide bonds. The SMILES string of the molecule is CO[C@@H](C(=O)N[C@H](Cc1ccc(C#N)cc1)C(=O)O)c1ccccc1. The maximum Gasteiger partial charge on any atom is 0.326 e. The van der Waals surface area contributed by atoms with Crippen LogP contribution in [0.15, 0.2) is 54.6 Å². The van der Waals surface area contributed by atoms with Crippen LogP contribution in [0.3, 0.4) is 0 Å². The van der Waals surface area contributed by atoms with Crippen molar-refractivity contribution >= 4 is 11.9 Å². The van der Waals surface area contributed by atoms with Gasteiger partial charge in [-0.1, -0.05) is 42.5 Å². The number of methoxy groups -OCH3 is 1. The summed E-state index contributed by atoms with van der Waals surface area (Å²) >= 11 is 0. The molecule has 0 spiro atoms. The van der Waals surface area contributed by atoms with Crippen molar-refractivity contribution in [1.82, 2.24) is 5.32 Å². The highest BCUT2D eigenvalue weighted by Gasteiger charge is 2.26. The molecule has 6 nitrogen and oxygen atoms in total. The second-order valence-electron chi connectivity index (χ2n) is 5.44. The Morgan fingerprint density at radius 1 is 1.16 bits per heavy atom. The van der Waals surface area contributed by atoms with Gasteiger partial charge in [0.1, 0.15) is 6.04 Å². The van der Waals surface area contributed by atoms with Gasteiger partial charge < -0.3 is 15.2 Å². The van der Waals surface area contributed by atoms with Crippen molar-refractivity contribution in [2.75, 3.05) is 7.11 Å². The van der Waals surface area contributed by atoms with Crippen LogP contribution in [0.1, 0.15) is 22.8 Å². The molecule has 2 aromatic carbocycles. The van der Waals surface area contributed by atoms with Crippen LogP contribution in [0.4, 0.5) is 0 Å². The highest BCUT2D eigenvalue weighted by Crippen LogP contribution is 2.17. The number of hydrogen-bond donors (Lipinski definition) is 2. The third kappa shape index (κ3) is 4.90. The van der Waals surface area contributed by atoms with Gasteiger partial charge in [0.15, 0.2) is 6.10 Å². The summed E-state index contributed by atoms with van der Waals surface area (Å²) < 4.78 is 5.22. The molecule has 0 heterocycles. The third-order valence-electron chi connectivity index (χ3n) is 3.71. The number of amides is 1. The zero-order chi connectivity index (χ0) is 18.2. The van der Waals surface area contributed by atoms with Gasteiger partial charge in [-0.3, -0.25) is 4.79 Å². The quantitative estimate of drug-likeness (QED) is 0.805. The highest BCUT2D eigenvalue weighted by molar-refractivity contribution is 5.87. The molecule has 0 aliphatic carbocycles. The van der Waals surface area contributed by atoms with Crippen LogP contribution >= 0.6 is 0 Å². The molecular formula is C19H18N2O4. The Balaban J connectivity index is 2.10. The van der Waals surface area contributed by atoms with Crippen LogP contribution in [0.5, 0.6) is 0 Å². The number of nitrogens with zero attached hydrogens (tertiary/aromatic N) is 1. The molecule has 0 fully saturated rings. The Bertz CT molecular complexity index is 766. The average Bonchev–Trinajstić information content (AvgIpc) is 2.63. The molecule has 0 aliphatic heterocycles. The van der Waals surface area contributed by atoms with Crippen molar-refractivity contribution in [2.24, 2.45) is 0 Å². The lowest BCUT2D eigenvalue weighted by Crippen LogP contribution is -2.44. The summed E-state index contributed by atoms with van der Waals surface area (Å²) in [6.45, 7) is 0. The maximum absolute atomic E-state index is 12.4. The Morgan fingerprint density at radius 3 is 2.32 bits per heavy atom. The number of nitriles is 1. The molecule has 0 bridgehead atoms. The maximum atomic E-state index is 12.4. The Morgan fingerprint density at radius 2 is 1.80 bits per heavy atom. The van der Waals surface area contributed by atoms with Gasteiger partial charge in [0.25, 0.3) is 5.91 Å². The van der Waals surface area contributed by atoms with Crippen LogP contribution in [-0.2, 0) is 20.7 Å². The van der Waals surface area contributed by atoms with E-state index >= 15 is 0 Å². The largest absolute Gasteiger partial charge is 0.480 e. The molecule has 0 radical (unpaired) electrons. The summed E-state index contributed by atoms with van der Waals surface area (Å²) in [6.07, 6.45) is -0.776. The van der Waals surface area contributed by atoms with E-state index in [1.807, 2.05) is 12.1 Å². The summed E-state index contributed by atoms with van der Waals surface area (Å²) in [5.74, 6) is -1.66. The molecule has 0 saturated carbocycles. The number of ether oxygens (including phenoxy) is 1. The zero-order valence-electron chi connectivity index (χ0n) is 13.7. The van der Waals surface area contributed by atoms with Gasteiger partial charge in [0.2, 0.25) is 0 Å². The van der Waals surface area contributed by atoms with Gasteiger partial charge in [-0.25, -0.2) is 4.79 Å². The molecule has 2 aromatic rings. The predicted molar refractivity (Wildman–Crippen MR) is 90.6 cm³/mol. The number of carboxylic acids is 1. The van der Waals surface area contributed by atoms with E-state index in [0.717, 1.165) is 0 Å². The lowest BCUT2D eigenvalue weighted by Gasteiger charge is -2.20. The molecule has 6 heteroatoms. The topological polar surface area (TPSA) is 99.4 Å². The number of nitrogens with one attached hydrogen (secondary N) is 1. The van der Waals surface area contributed by atoms with Gasteiger partial charge in [-0.2, -0.15) is 5.26 Å². The second kappa shape index (κ2) is 8.62. The van der Waals surface area contributed by atoms with Crippen LogP contribution in [0, 0.1) is 11.3 Å². The molecule has 128 valence electrons. The monoisotopic (exact) mass is 338 g/mol.